The minimum Gasteiger partial charge on any atom is -0.325 e. The van der Waals surface area contributed by atoms with E-state index in [2.05, 4.69) is 10.3 Å². The maximum Gasteiger partial charge on any atom is 0.244 e. The fourth-order valence-corrected chi connectivity index (χ4v) is 5.59. The van der Waals surface area contributed by atoms with Crippen LogP contribution in [0.2, 0.25) is 0 Å². The summed E-state index contributed by atoms with van der Waals surface area (Å²) in [5.74, 6) is -0.717. The zero-order chi connectivity index (χ0) is 21.7. The van der Waals surface area contributed by atoms with Crippen molar-refractivity contribution in [1.29, 1.82) is 0 Å². The summed E-state index contributed by atoms with van der Waals surface area (Å²) in [6.45, 7) is 1.71. The third kappa shape index (κ3) is 5.59. The van der Waals surface area contributed by atoms with Crippen molar-refractivity contribution in [2.24, 2.45) is 0 Å². The van der Waals surface area contributed by atoms with Crippen molar-refractivity contribution in [3.8, 4) is 0 Å². The van der Waals surface area contributed by atoms with Crippen LogP contribution >= 0.6 is 11.8 Å². The van der Waals surface area contributed by atoms with E-state index in [1.165, 1.54) is 46.5 Å². The molecule has 9 heteroatoms. The third-order valence-corrected chi connectivity index (χ3v) is 8.18. The zero-order valence-corrected chi connectivity index (χ0v) is 18.7. The first-order chi connectivity index (χ1) is 14.3. The van der Waals surface area contributed by atoms with Crippen molar-refractivity contribution in [3.63, 3.8) is 0 Å². The lowest BCUT2D eigenvalue weighted by Gasteiger charge is -2.30. The zero-order valence-electron chi connectivity index (χ0n) is 17.0. The standard InChI is InChI=1S/C21H26FN3O3S2/c1-15(21(26)24-17-8-6-7-16(22)13-17)29-20-12-11-19(14-23-20)30(27,28)25(2)18-9-4-3-5-10-18/h6-8,11-15,18H,3-5,9-10H2,1-2H3,(H,24,26). The average molecular weight is 452 g/mol. The molecule has 1 aliphatic carbocycles. The Hall–Kier alpha value is -1.97. The van der Waals surface area contributed by atoms with Crippen LogP contribution < -0.4 is 5.32 Å². The van der Waals surface area contributed by atoms with Crippen LogP contribution in [0.25, 0.3) is 0 Å². The SMILES string of the molecule is CC(Sc1ccc(S(=O)(=O)N(C)C2CCCCC2)cn1)C(=O)Nc1cccc(F)c1. The van der Waals surface area contributed by atoms with Crippen molar-refractivity contribution in [2.45, 2.75) is 60.2 Å². The fourth-order valence-electron chi connectivity index (χ4n) is 3.44. The molecule has 0 bridgehead atoms. The molecule has 2 aromatic rings. The van der Waals surface area contributed by atoms with Crippen LogP contribution in [-0.4, -0.2) is 42.0 Å². The molecule has 1 heterocycles. The monoisotopic (exact) mass is 451 g/mol. The van der Waals surface area contributed by atoms with Crippen molar-refractivity contribution in [1.82, 2.24) is 9.29 Å². The number of rotatable bonds is 7. The lowest BCUT2D eigenvalue weighted by atomic mass is 9.96. The van der Waals surface area contributed by atoms with Gasteiger partial charge in [0.05, 0.1) is 10.3 Å². The van der Waals surface area contributed by atoms with Crippen LogP contribution in [0, 0.1) is 5.82 Å². The molecule has 1 amide bonds. The molecule has 1 fully saturated rings. The highest BCUT2D eigenvalue weighted by Gasteiger charge is 2.29. The maximum absolute atomic E-state index is 13.3. The van der Waals surface area contributed by atoms with Crippen LogP contribution in [0.4, 0.5) is 10.1 Å². The number of pyridine rings is 1. The Kier molecular flexibility index (Phi) is 7.49. The number of benzene rings is 1. The van der Waals surface area contributed by atoms with Gasteiger partial charge in [-0.05, 0) is 50.1 Å². The van der Waals surface area contributed by atoms with Gasteiger partial charge >= 0.3 is 0 Å². The minimum atomic E-state index is -3.60. The third-order valence-electron chi connectivity index (χ3n) is 5.23. The largest absolute Gasteiger partial charge is 0.325 e. The van der Waals surface area contributed by atoms with Gasteiger partial charge in [0.25, 0.3) is 0 Å². The summed E-state index contributed by atoms with van der Waals surface area (Å²) in [6, 6.07) is 8.85. The summed E-state index contributed by atoms with van der Waals surface area (Å²) in [5.41, 5.74) is 0.382. The lowest BCUT2D eigenvalue weighted by Crippen LogP contribution is -2.38. The summed E-state index contributed by atoms with van der Waals surface area (Å²) >= 11 is 1.21. The summed E-state index contributed by atoms with van der Waals surface area (Å²) in [7, 11) is -1.97. The number of thioether (sulfide) groups is 1. The van der Waals surface area contributed by atoms with Crippen LogP contribution in [0.3, 0.4) is 0 Å². The molecule has 0 saturated heterocycles. The number of nitrogens with zero attached hydrogens (tertiary/aromatic N) is 2. The van der Waals surface area contributed by atoms with Gasteiger partial charge in [-0.1, -0.05) is 37.1 Å². The van der Waals surface area contributed by atoms with Crippen molar-refractivity contribution >= 4 is 33.4 Å². The van der Waals surface area contributed by atoms with Crippen LogP contribution in [0.1, 0.15) is 39.0 Å². The molecule has 6 nitrogen and oxygen atoms in total. The Balaban J connectivity index is 1.62. The fraction of sp³-hybridized carbons (Fsp3) is 0.429. The molecule has 0 spiro atoms. The van der Waals surface area contributed by atoms with Gasteiger partial charge in [-0.3, -0.25) is 4.79 Å². The molecule has 0 aliphatic heterocycles. The first-order valence-corrected chi connectivity index (χ1v) is 12.3. The van der Waals surface area contributed by atoms with E-state index in [4.69, 9.17) is 0 Å². The van der Waals surface area contributed by atoms with E-state index >= 15 is 0 Å². The predicted molar refractivity (Wildman–Crippen MR) is 116 cm³/mol. The van der Waals surface area contributed by atoms with Gasteiger partial charge in [0.1, 0.15) is 10.7 Å². The topological polar surface area (TPSA) is 79.4 Å². The second kappa shape index (κ2) is 9.89. The van der Waals surface area contributed by atoms with Crippen LogP contribution in [0.5, 0.6) is 0 Å². The highest BCUT2D eigenvalue weighted by Crippen LogP contribution is 2.28. The van der Waals surface area contributed by atoms with E-state index in [9.17, 15) is 17.6 Å². The molecule has 1 saturated carbocycles. The number of aromatic nitrogens is 1. The Labute approximate surface area is 181 Å². The summed E-state index contributed by atoms with van der Waals surface area (Å²) in [4.78, 5) is 16.7. The first-order valence-electron chi connectivity index (χ1n) is 9.94. The average Bonchev–Trinajstić information content (AvgIpc) is 2.74. The molecular weight excluding hydrogens is 425 g/mol. The second-order valence-corrected chi connectivity index (χ2v) is 10.8. The van der Waals surface area contributed by atoms with E-state index in [1.54, 1.807) is 26.1 Å². The molecule has 162 valence electrons. The molecular formula is C21H26FN3O3S2. The maximum atomic E-state index is 13.3. The van der Waals surface area contributed by atoms with Gasteiger partial charge in [-0.2, -0.15) is 4.31 Å². The molecule has 0 radical (unpaired) electrons. The van der Waals surface area contributed by atoms with Crippen LogP contribution in [0.15, 0.2) is 52.5 Å². The predicted octanol–water partition coefficient (Wildman–Crippen LogP) is 4.29. The molecule has 1 aromatic carbocycles. The van der Waals surface area contributed by atoms with E-state index in [0.29, 0.717) is 10.7 Å². The summed E-state index contributed by atoms with van der Waals surface area (Å²) < 4.78 is 40.5. The Morgan fingerprint density at radius 1 is 1.23 bits per heavy atom. The lowest BCUT2D eigenvalue weighted by molar-refractivity contribution is -0.115. The number of hydrogen-bond acceptors (Lipinski definition) is 5. The molecule has 1 atom stereocenters. The second-order valence-electron chi connectivity index (χ2n) is 7.40. The smallest absolute Gasteiger partial charge is 0.244 e. The first kappa shape index (κ1) is 22.7. The van der Waals surface area contributed by atoms with E-state index in [1.807, 2.05) is 0 Å². The number of carbonyl (C=O) groups excluding carboxylic acids is 1. The Morgan fingerprint density at radius 3 is 2.60 bits per heavy atom. The number of nitrogens with one attached hydrogen (secondary N) is 1. The molecule has 30 heavy (non-hydrogen) atoms. The van der Waals surface area contributed by atoms with Gasteiger partial charge in [0.15, 0.2) is 0 Å². The Morgan fingerprint density at radius 2 is 1.97 bits per heavy atom. The highest BCUT2D eigenvalue weighted by molar-refractivity contribution is 8.00. The number of carbonyl (C=O) groups is 1. The molecule has 1 aromatic heterocycles. The summed E-state index contributed by atoms with van der Waals surface area (Å²) in [5, 5.41) is 2.71. The van der Waals surface area contributed by atoms with Crippen molar-refractivity contribution in [3.05, 3.63) is 48.4 Å². The van der Waals surface area contributed by atoms with Crippen molar-refractivity contribution in [2.75, 3.05) is 12.4 Å². The number of hydrogen-bond donors (Lipinski definition) is 1. The van der Waals surface area contributed by atoms with Crippen LogP contribution in [-0.2, 0) is 14.8 Å². The quantitative estimate of drug-likeness (QED) is 0.635. The van der Waals surface area contributed by atoms with Gasteiger partial charge in [-0.15, -0.1) is 0 Å². The van der Waals surface area contributed by atoms with E-state index in [0.717, 1.165) is 32.1 Å². The normalized spacial score (nSPS) is 16.4. The minimum absolute atomic E-state index is 0.0318. The number of halogens is 1. The van der Waals surface area contributed by atoms with E-state index < -0.39 is 21.1 Å². The van der Waals surface area contributed by atoms with Gasteiger partial charge in [-0.25, -0.2) is 17.8 Å². The van der Waals surface area contributed by atoms with Gasteiger partial charge in [0, 0.05) is 25.0 Å². The number of sulfonamides is 1. The molecule has 1 unspecified atom stereocenters. The molecule has 3 rings (SSSR count). The van der Waals surface area contributed by atoms with Crippen molar-refractivity contribution < 1.29 is 17.6 Å². The molecule has 1 aliphatic rings. The number of anilines is 1. The highest BCUT2D eigenvalue weighted by atomic mass is 32.2. The number of amides is 1. The Bertz CT molecular complexity index is 977. The van der Waals surface area contributed by atoms with E-state index in [-0.39, 0.29) is 16.8 Å². The van der Waals surface area contributed by atoms with Gasteiger partial charge < -0.3 is 5.32 Å². The molecule has 1 N–H and O–H groups in total. The summed E-state index contributed by atoms with van der Waals surface area (Å²) in [6.07, 6.45) is 6.36. The van der Waals surface area contributed by atoms with Gasteiger partial charge in [0.2, 0.25) is 15.9 Å².